The Morgan fingerprint density at radius 1 is 1.39 bits per heavy atom. The number of ether oxygens (including phenoxy) is 2. The van der Waals surface area contributed by atoms with Crippen molar-refractivity contribution >= 4 is 11.9 Å². The van der Waals surface area contributed by atoms with Gasteiger partial charge in [0.1, 0.15) is 32.6 Å². The minimum Gasteiger partial charge on any atom is -0.494 e. The van der Waals surface area contributed by atoms with Crippen LogP contribution in [0.1, 0.15) is 0 Å². The molecule has 1 aliphatic heterocycles. The largest absolute Gasteiger partial charge is 0.494 e. The van der Waals surface area contributed by atoms with Gasteiger partial charge in [0.2, 0.25) is 5.76 Å². The summed E-state index contributed by atoms with van der Waals surface area (Å²) in [7, 11) is 0. The number of alkyl halides is 3. The van der Waals surface area contributed by atoms with Gasteiger partial charge in [0.25, 0.3) is 5.91 Å². The zero-order chi connectivity index (χ0) is 13.8. The number of hydrogen-bond donors (Lipinski definition) is 1. The fourth-order valence-electron chi connectivity index (χ4n) is 1.22. The number of aliphatic carboxylic acids is 1. The molecule has 0 bridgehead atoms. The summed E-state index contributed by atoms with van der Waals surface area (Å²) in [6.45, 7) is -2.54. The van der Waals surface area contributed by atoms with Gasteiger partial charge in [0, 0.05) is 0 Å². The highest BCUT2D eigenvalue weighted by Gasteiger charge is 2.35. The number of hydrogen-bond acceptors (Lipinski definition) is 4. The summed E-state index contributed by atoms with van der Waals surface area (Å²) in [4.78, 5) is 22.2. The van der Waals surface area contributed by atoms with E-state index >= 15 is 0 Å². The first-order chi connectivity index (χ1) is 8.29. The van der Waals surface area contributed by atoms with Gasteiger partial charge in [-0.15, -0.1) is 0 Å². The second kappa shape index (κ2) is 5.61. The molecule has 0 spiro atoms. The van der Waals surface area contributed by atoms with Gasteiger partial charge >= 0.3 is 12.1 Å². The van der Waals surface area contributed by atoms with Gasteiger partial charge in [-0.1, -0.05) is 0 Å². The van der Waals surface area contributed by atoms with E-state index < -0.39 is 36.9 Å². The maximum Gasteiger partial charge on any atom is 0.406 e. The molecule has 0 saturated carbocycles. The Kier molecular flexibility index (Phi) is 4.40. The number of rotatable bonds is 4. The quantitative estimate of drug-likeness (QED) is 0.797. The summed E-state index contributed by atoms with van der Waals surface area (Å²) in [5, 5.41) is 8.48. The first-order valence-corrected chi connectivity index (χ1v) is 4.82. The molecule has 0 saturated heterocycles. The molecule has 6 nitrogen and oxygen atoms in total. The van der Waals surface area contributed by atoms with E-state index in [9.17, 15) is 22.8 Å². The maximum absolute atomic E-state index is 12.2. The van der Waals surface area contributed by atoms with Gasteiger partial charge in [-0.3, -0.25) is 9.59 Å². The average molecular weight is 269 g/mol. The van der Waals surface area contributed by atoms with Crippen molar-refractivity contribution in [2.75, 3.05) is 26.3 Å². The lowest BCUT2D eigenvalue weighted by molar-refractivity contribution is -0.165. The summed E-state index contributed by atoms with van der Waals surface area (Å²) in [6.07, 6.45) is -3.82. The van der Waals surface area contributed by atoms with Crippen LogP contribution in [0, 0.1) is 0 Å². The first-order valence-electron chi connectivity index (χ1n) is 4.82. The van der Waals surface area contributed by atoms with Crippen molar-refractivity contribution in [3.63, 3.8) is 0 Å². The predicted octanol–water partition coefficient (Wildman–Crippen LogP) is 0.350. The van der Waals surface area contributed by atoms with E-state index in [0.717, 1.165) is 6.26 Å². The van der Waals surface area contributed by atoms with E-state index in [4.69, 9.17) is 14.6 Å². The molecule has 0 aromatic carbocycles. The van der Waals surface area contributed by atoms with E-state index in [0.29, 0.717) is 0 Å². The molecule has 1 aliphatic rings. The fourth-order valence-corrected chi connectivity index (χ4v) is 1.22. The molecule has 0 aliphatic carbocycles. The number of carbonyl (C=O) groups is 2. The Bertz CT molecular complexity index is 366. The number of halogens is 3. The molecule has 1 heterocycles. The van der Waals surface area contributed by atoms with Crippen molar-refractivity contribution in [3.05, 3.63) is 12.0 Å². The van der Waals surface area contributed by atoms with Crippen molar-refractivity contribution in [2.45, 2.75) is 6.18 Å². The molecule has 1 amide bonds. The molecular formula is C9H10F3NO5. The number of amides is 1. The van der Waals surface area contributed by atoms with Gasteiger partial charge in [-0.2, -0.15) is 13.2 Å². The normalized spacial score (nSPS) is 15.2. The van der Waals surface area contributed by atoms with Gasteiger partial charge in [0.15, 0.2) is 0 Å². The molecule has 0 fully saturated rings. The van der Waals surface area contributed by atoms with Crippen LogP contribution in [0.15, 0.2) is 12.0 Å². The minimum atomic E-state index is -4.69. The van der Waals surface area contributed by atoms with Crippen molar-refractivity contribution in [3.8, 4) is 0 Å². The molecule has 0 unspecified atom stereocenters. The van der Waals surface area contributed by atoms with E-state index in [1.54, 1.807) is 0 Å². The van der Waals surface area contributed by atoms with Gasteiger partial charge in [0.05, 0.1) is 0 Å². The summed E-state index contributed by atoms with van der Waals surface area (Å²) < 4.78 is 46.1. The highest BCUT2D eigenvalue weighted by atomic mass is 19.4. The molecule has 102 valence electrons. The van der Waals surface area contributed by atoms with Crippen LogP contribution < -0.4 is 0 Å². The maximum atomic E-state index is 12.2. The monoisotopic (exact) mass is 269 g/mol. The lowest BCUT2D eigenvalue weighted by Gasteiger charge is -2.24. The van der Waals surface area contributed by atoms with Crippen LogP contribution >= 0.6 is 0 Å². The summed E-state index contributed by atoms with van der Waals surface area (Å²) in [5.74, 6) is -3.16. The van der Waals surface area contributed by atoms with Crippen molar-refractivity contribution < 1.29 is 37.3 Å². The smallest absolute Gasteiger partial charge is 0.406 e. The van der Waals surface area contributed by atoms with Gasteiger partial charge < -0.3 is 19.5 Å². The number of carboxylic acid groups (broad SMARTS) is 1. The highest BCUT2D eigenvalue weighted by molar-refractivity contribution is 5.93. The van der Waals surface area contributed by atoms with Crippen molar-refractivity contribution in [1.82, 2.24) is 4.90 Å². The van der Waals surface area contributed by atoms with E-state index in [1.807, 2.05) is 0 Å². The third-order valence-electron chi connectivity index (χ3n) is 1.84. The zero-order valence-corrected chi connectivity index (χ0v) is 9.07. The molecule has 0 atom stereocenters. The van der Waals surface area contributed by atoms with E-state index in [2.05, 4.69) is 0 Å². The van der Waals surface area contributed by atoms with E-state index in [1.165, 1.54) is 0 Å². The van der Waals surface area contributed by atoms with Crippen molar-refractivity contribution in [2.24, 2.45) is 0 Å². The average Bonchev–Trinajstić information content (AvgIpc) is 2.26. The lowest BCUT2D eigenvalue weighted by Crippen LogP contribution is -2.43. The number of nitrogens with zero attached hydrogens (tertiary/aromatic N) is 1. The van der Waals surface area contributed by atoms with Crippen LogP contribution in [0.4, 0.5) is 13.2 Å². The fraction of sp³-hybridized carbons (Fsp3) is 0.556. The molecule has 1 N–H and O–H groups in total. The topological polar surface area (TPSA) is 76.1 Å². The molecule has 0 radical (unpaired) electrons. The second-order valence-electron chi connectivity index (χ2n) is 3.37. The third kappa shape index (κ3) is 4.52. The zero-order valence-electron chi connectivity index (χ0n) is 9.07. The van der Waals surface area contributed by atoms with Crippen LogP contribution in [0.5, 0.6) is 0 Å². The molecule has 0 aromatic rings. The lowest BCUT2D eigenvalue weighted by atomic mass is 10.3. The van der Waals surface area contributed by atoms with Gasteiger partial charge in [-0.05, 0) is 0 Å². The number of carboxylic acids is 1. The molecule has 0 aromatic heterocycles. The molecule has 18 heavy (non-hydrogen) atoms. The summed E-state index contributed by atoms with van der Waals surface area (Å²) in [5.41, 5.74) is 0. The number of carbonyl (C=O) groups excluding carboxylic acids is 1. The van der Waals surface area contributed by atoms with Crippen LogP contribution in [-0.2, 0) is 19.1 Å². The highest BCUT2D eigenvalue weighted by Crippen LogP contribution is 2.18. The second-order valence-corrected chi connectivity index (χ2v) is 3.37. The summed E-state index contributed by atoms with van der Waals surface area (Å²) >= 11 is 0. The standard InChI is InChI=1S/C9H10F3NO5/c10-9(11,12)5-13(3-7(14)15)8(16)6-4-17-1-2-18-6/h4H,1-3,5H2,(H,14,15). The summed E-state index contributed by atoms with van der Waals surface area (Å²) in [6, 6.07) is 0. The van der Waals surface area contributed by atoms with Crippen LogP contribution in [0.25, 0.3) is 0 Å². The Morgan fingerprint density at radius 2 is 2.06 bits per heavy atom. The molecule has 1 rings (SSSR count). The van der Waals surface area contributed by atoms with Crippen LogP contribution in [0.3, 0.4) is 0 Å². The van der Waals surface area contributed by atoms with Crippen LogP contribution in [-0.4, -0.2) is 54.4 Å². The minimum absolute atomic E-state index is 0.0184. The Labute approximate surface area is 99.6 Å². The Balaban J connectivity index is 2.78. The van der Waals surface area contributed by atoms with Gasteiger partial charge in [-0.25, -0.2) is 0 Å². The Morgan fingerprint density at radius 3 is 2.50 bits per heavy atom. The predicted molar refractivity (Wildman–Crippen MR) is 50.3 cm³/mol. The molecule has 9 heteroatoms. The van der Waals surface area contributed by atoms with Crippen molar-refractivity contribution in [1.29, 1.82) is 0 Å². The first kappa shape index (κ1) is 14.1. The van der Waals surface area contributed by atoms with E-state index in [-0.39, 0.29) is 18.1 Å². The molecular weight excluding hydrogens is 259 g/mol. The third-order valence-corrected chi connectivity index (χ3v) is 1.84. The van der Waals surface area contributed by atoms with Crippen LogP contribution in [0.2, 0.25) is 0 Å². The SMILES string of the molecule is O=C(O)CN(CC(F)(F)F)C(=O)C1=COCCO1. The Hall–Kier alpha value is -1.93.